The van der Waals surface area contributed by atoms with Crippen LogP contribution < -0.4 is 21.6 Å². The molecule has 0 bridgehead atoms. The van der Waals surface area contributed by atoms with Crippen molar-refractivity contribution in [2.24, 2.45) is 5.73 Å². The molecule has 0 aliphatic heterocycles. The Balaban J connectivity index is 1.90. The van der Waals surface area contributed by atoms with Crippen molar-refractivity contribution in [2.75, 3.05) is 12.4 Å². The second kappa shape index (κ2) is 6.93. The van der Waals surface area contributed by atoms with Gasteiger partial charge < -0.3 is 10.5 Å². The van der Waals surface area contributed by atoms with Gasteiger partial charge in [0.05, 0.1) is 12.3 Å². The molecule has 0 unspecified atom stereocenters. The Morgan fingerprint density at radius 1 is 1.29 bits per heavy atom. The predicted molar refractivity (Wildman–Crippen MR) is 93.0 cm³/mol. The number of ether oxygens (including phenoxy) is 1. The number of H-pyrrole nitrogens is 1. The zero-order valence-electron chi connectivity index (χ0n) is 13.2. The van der Waals surface area contributed by atoms with Gasteiger partial charge in [-0.25, -0.2) is 9.98 Å². The number of methoxy groups -OCH3 is 1. The van der Waals surface area contributed by atoms with Crippen molar-refractivity contribution in [3.8, 4) is 0 Å². The lowest BCUT2D eigenvalue weighted by molar-refractivity contribution is -0.365. The maximum atomic E-state index is 11.6. The fourth-order valence-electron chi connectivity index (χ4n) is 2.43. The van der Waals surface area contributed by atoms with E-state index in [2.05, 4.69) is 20.3 Å². The van der Waals surface area contributed by atoms with Crippen molar-refractivity contribution >= 4 is 28.4 Å². The summed E-state index contributed by atoms with van der Waals surface area (Å²) >= 11 is 0. The van der Waals surface area contributed by atoms with E-state index in [1.807, 2.05) is 42.5 Å². The van der Waals surface area contributed by atoms with Crippen LogP contribution in [0.5, 0.6) is 0 Å². The Hall–Kier alpha value is -3.19. The topological polar surface area (TPSA) is 107 Å². The van der Waals surface area contributed by atoms with Gasteiger partial charge in [0.25, 0.3) is 11.5 Å². The van der Waals surface area contributed by atoms with Crippen LogP contribution in [-0.2, 0) is 11.3 Å². The molecule has 0 saturated heterocycles. The van der Waals surface area contributed by atoms with Crippen molar-refractivity contribution in [3.63, 3.8) is 0 Å². The number of rotatable bonds is 4. The fourth-order valence-corrected chi connectivity index (χ4v) is 2.43. The van der Waals surface area contributed by atoms with E-state index < -0.39 is 0 Å². The highest BCUT2D eigenvalue weighted by Crippen LogP contribution is 2.22. The molecular weight excluding hydrogens is 306 g/mol. The van der Waals surface area contributed by atoms with Crippen molar-refractivity contribution in [3.05, 3.63) is 64.6 Å². The molecule has 0 fully saturated rings. The van der Waals surface area contributed by atoms with Gasteiger partial charge in [-0.15, -0.1) is 4.98 Å². The zero-order chi connectivity index (χ0) is 16.9. The molecule has 0 radical (unpaired) electrons. The molecule has 0 aliphatic carbocycles. The number of nitrogens with two attached hydrogens (primary N) is 1. The highest BCUT2D eigenvalue weighted by Gasteiger charge is 2.08. The Morgan fingerprint density at radius 2 is 2.08 bits per heavy atom. The monoisotopic (exact) mass is 324 g/mol. The molecule has 0 amide bonds. The molecule has 7 nitrogen and oxygen atoms in total. The first-order valence-corrected chi connectivity index (χ1v) is 7.39. The minimum atomic E-state index is -0.280. The van der Waals surface area contributed by atoms with Gasteiger partial charge in [0.1, 0.15) is 5.69 Å². The van der Waals surface area contributed by atoms with E-state index in [9.17, 15) is 4.79 Å². The van der Waals surface area contributed by atoms with E-state index in [0.29, 0.717) is 5.69 Å². The fraction of sp³-hybridized carbons (Fsp3) is 0.118. The van der Waals surface area contributed by atoms with Gasteiger partial charge in [-0.05, 0) is 11.5 Å². The van der Waals surface area contributed by atoms with E-state index in [-0.39, 0.29) is 24.1 Å². The molecule has 3 rings (SSSR count). The molecular formula is C17H18N5O2+. The van der Waals surface area contributed by atoms with Crippen LogP contribution in [0.4, 0.5) is 11.6 Å². The Morgan fingerprint density at radius 3 is 2.92 bits per heavy atom. The van der Waals surface area contributed by atoms with Gasteiger partial charge in [0, 0.05) is 18.6 Å². The smallest absolute Gasteiger partial charge is 0.325 e. The molecule has 3 aromatic rings. The van der Waals surface area contributed by atoms with E-state index in [1.165, 1.54) is 6.07 Å². The third-order valence-corrected chi connectivity index (χ3v) is 3.40. The number of benzene rings is 2. The van der Waals surface area contributed by atoms with Crippen LogP contribution in [0.1, 0.15) is 5.69 Å². The van der Waals surface area contributed by atoms with Gasteiger partial charge in [0.15, 0.2) is 0 Å². The van der Waals surface area contributed by atoms with Crippen LogP contribution in [0.3, 0.4) is 0 Å². The Kier molecular flexibility index (Phi) is 4.53. The van der Waals surface area contributed by atoms with Gasteiger partial charge >= 0.3 is 5.95 Å². The van der Waals surface area contributed by atoms with Crippen molar-refractivity contribution in [1.82, 2.24) is 9.97 Å². The number of anilines is 1. The average molecular weight is 324 g/mol. The first kappa shape index (κ1) is 15.7. The zero-order valence-corrected chi connectivity index (χ0v) is 13.2. The van der Waals surface area contributed by atoms with Crippen molar-refractivity contribution in [2.45, 2.75) is 6.61 Å². The summed E-state index contributed by atoms with van der Waals surface area (Å²) in [6, 6.07) is 15.2. The minimum absolute atomic E-state index is 0.245. The summed E-state index contributed by atoms with van der Waals surface area (Å²) in [5, 5.41) is 5.24. The van der Waals surface area contributed by atoms with E-state index in [0.717, 1.165) is 16.5 Å². The molecule has 0 aliphatic rings. The number of nitrogens with one attached hydrogen (secondary N) is 3. The first-order chi connectivity index (χ1) is 11.7. The number of guanidine groups is 1. The first-order valence-electron chi connectivity index (χ1n) is 7.39. The Labute approximate surface area is 138 Å². The third kappa shape index (κ3) is 3.58. The molecule has 0 spiro atoms. The summed E-state index contributed by atoms with van der Waals surface area (Å²) in [7, 11) is 1.54. The lowest BCUT2D eigenvalue weighted by Crippen LogP contribution is -2.73. The molecule has 1 heterocycles. The summed E-state index contributed by atoms with van der Waals surface area (Å²) in [5.41, 5.74) is 7.09. The Bertz CT molecular complexity index is 944. The molecule has 7 heteroatoms. The number of nitrogens with zero attached hydrogens (tertiary/aromatic N) is 1. The van der Waals surface area contributed by atoms with Crippen LogP contribution in [0.2, 0.25) is 0 Å². The van der Waals surface area contributed by atoms with Crippen molar-refractivity contribution in [1.29, 1.82) is 0 Å². The maximum absolute atomic E-state index is 11.6. The van der Waals surface area contributed by atoms with Gasteiger partial charge in [0.2, 0.25) is 0 Å². The quantitative estimate of drug-likeness (QED) is 0.405. The molecule has 0 atom stereocenters. The van der Waals surface area contributed by atoms with Crippen LogP contribution >= 0.6 is 0 Å². The summed E-state index contributed by atoms with van der Waals surface area (Å²) in [4.78, 5) is 21.3. The second-order valence-electron chi connectivity index (χ2n) is 5.21. The largest absolute Gasteiger partial charge is 0.377 e. The number of fused-ring (bicyclic) bond motifs is 1. The standard InChI is InChI=1S/C17H17N5O2/c1-24-10-12-9-15(23)21-17(19-12)22-16(18)20-14-8-4-6-11-5-2-3-7-13(11)14/h2-9H,10H2,1H3,(H4,18,19,20,21,22,23)/p+1. The third-order valence-electron chi connectivity index (χ3n) is 3.40. The molecule has 5 N–H and O–H groups in total. The number of hydrogen-bond donors (Lipinski definition) is 4. The average Bonchev–Trinajstić information content (AvgIpc) is 2.55. The highest BCUT2D eigenvalue weighted by molar-refractivity contribution is 6.01. The molecule has 0 saturated carbocycles. The maximum Gasteiger partial charge on any atom is 0.325 e. The molecule has 122 valence electrons. The summed E-state index contributed by atoms with van der Waals surface area (Å²) < 4.78 is 4.99. The van der Waals surface area contributed by atoms with Crippen molar-refractivity contribution < 1.29 is 9.73 Å². The molecule has 1 aromatic heterocycles. The summed E-state index contributed by atoms with van der Waals surface area (Å²) in [6.07, 6.45) is 0. The SMILES string of the molecule is COCc1cc(=O)[nH]c([NH+]=C(N)Nc2cccc3ccccc23)n1. The van der Waals surface area contributed by atoms with Gasteiger partial charge in [-0.2, -0.15) is 0 Å². The van der Waals surface area contributed by atoms with E-state index >= 15 is 0 Å². The van der Waals surface area contributed by atoms with Gasteiger partial charge in [-0.1, -0.05) is 36.4 Å². The number of aromatic nitrogens is 2. The summed E-state index contributed by atoms with van der Waals surface area (Å²) in [6.45, 7) is 0.245. The second-order valence-corrected chi connectivity index (χ2v) is 5.21. The van der Waals surface area contributed by atoms with Gasteiger partial charge in [-0.3, -0.25) is 10.1 Å². The lowest BCUT2D eigenvalue weighted by atomic mass is 10.1. The van der Waals surface area contributed by atoms with Crippen LogP contribution in [0.15, 0.2) is 53.3 Å². The number of hydrogen-bond acceptors (Lipinski definition) is 3. The number of aromatic amines is 1. The van der Waals surface area contributed by atoms with E-state index in [1.54, 1.807) is 7.11 Å². The highest BCUT2D eigenvalue weighted by atomic mass is 16.5. The summed E-state index contributed by atoms with van der Waals surface area (Å²) in [5.74, 6) is 0.504. The predicted octanol–water partition coefficient (Wildman–Crippen LogP) is 0.208. The van der Waals surface area contributed by atoms with Crippen LogP contribution in [-0.4, -0.2) is 23.0 Å². The molecule has 2 aromatic carbocycles. The van der Waals surface area contributed by atoms with E-state index in [4.69, 9.17) is 10.5 Å². The minimum Gasteiger partial charge on any atom is -0.377 e. The van der Waals surface area contributed by atoms with Crippen LogP contribution in [0.25, 0.3) is 10.8 Å². The van der Waals surface area contributed by atoms with Crippen LogP contribution in [0, 0.1) is 0 Å². The lowest BCUT2D eigenvalue weighted by Gasteiger charge is -2.06. The molecule has 24 heavy (non-hydrogen) atoms. The normalized spacial score (nSPS) is 11.6.